The molecule has 47 heavy (non-hydrogen) atoms. The van der Waals surface area contributed by atoms with E-state index in [2.05, 4.69) is 165 Å². The van der Waals surface area contributed by atoms with Crippen LogP contribution in [0.2, 0.25) is 0 Å². The average molecular weight is 602 g/mol. The standard InChI is InChI=1S/C44H31N3/c1-30-16-29-40(41-15-9-8-14-39(30)41)35-21-27-38(28-22-35)44-46-42(36-23-17-33(18-24-36)31-10-4-2-5-11-31)45-43(47-44)37-25-19-34(20-26-37)32-12-6-3-7-13-32/h2-29H,1H3. The first-order chi connectivity index (χ1) is 23.2. The van der Waals surface area contributed by atoms with E-state index in [1.54, 1.807) is 0 Å². The molecule has 0 aliphatic rings. The third kappa shape index (κ3) is 5.71. The zero-order valence-corrected chi connectivity index (χ0v) is 26.0. The maximum atomic E-state index is 5.01. The first-order valence-electron chi connectivity index (χ1n) is 15.9. The Morgan fingerprint density at radius 3 is 1.06 bits per heavy atom. The molecule has 0 saturated carbocycles. The lowest BCUT2D eigenvalue weighted by Crippen LogP contribution is -2.00. The molecule has 0 radical (unpaired) electrons. The summed E-state index contributed by atoms with van der Waals surface area (Å²) in [5.41, 5.74) is 11.1. The summed E-state index contributed by atoms with van der Waals surface area (Å²) in [6.07, 6.45) is 0. The molecule has 0 unspecified atom stereocenters. The van der Waals surface area contributed by atoms with Gasteiger partial charge in [0.05, 0.1) is 0 Å². The lowest BCUT2D eigenvalue weighted by atomic mass is 9.95. The van der Waals surface area contributed by atoms with E-state index in [1.807, 2.05) is 12.1 Å². The van der Waals surface area contributed by atoms with Crippen LogP contribution in [0.1, 0.15) is 5.56 Å². The quantitative estimate of drug-likeness (QED) is 0.190. The van der Waals surface area contributed by atoms with Gasteiger partial charge in [0.25, 0.3) is 0 Å². The van der Waals surface area contributed by atoms with Gasteiger partial charge in [-0.25, -0.2) is 15.0 Å². The predicted octanol–water partition coefficient (Wildman–Crippen LogP) is 11.3. The van der Waals surface area contributed by atoms with Gasteiger partial charge >= 0.3 is 0 Å². The number of hydrogen-bond acceptors (Lipinski definition) is 3. The number of nitrogens with zero attached hydrogens (tertiary/aromatic N) is 3. The highest BCUT2D eigenvalue weighted by atomic mass is 15.0. The first kappa shape index (κ1) is 28.3. The fourth-order valence-corrected chi connectivity index (χ4v) is 6.15. The summed E-state index contributed by atoms with van der Waals surface area (Å²) in [5, 5.41) is 2.53. The predicted molar refractivity (Wildman–Crippen MR) is 195 cm³/mol. The van der Waals surface area contributed by atoms with Crippen molar-refractivity contribution in [2.75, 3.05) is 0 Å². The van der Waals surface area contributed by atoms with Crippen molar-refractivity contribution in [2.45, 2.75) is 6.92 Å². The van der Waals surface area contributed by atoms with E-state index >= 15 is 0 Å². The molecule has 0 amide bonds. The van der Waals surface area contributed by atoms with Crippen molar-refractivity contribution < 1.29 is 0 Å². The van der Waals surface area contributed by atoms with Crippen LogP contribution in [-0.4, -0.2) is 15.0 Å². The summed E-state index contributed by atoms with van der Waals surface area (Å²) >= 11 is 0. The third-order valence-corrected chi connectivity index (χ3v) is 8.73. The van der Waals surface area contributed by atoms with Crippen LogP contribution < -0.4 is 0 Å². The maximum Gasteiger partial charge on any atom is 0.164 e. The highest BCUT2D eigenvalue weighted by molar-refractivity contribution is 5.98. The molecule has 8 rings (SSSR count). The van der Waals surface area contributed by atoms with E-state index in [0.29, 0.717) is 17.5 Å². The zero-order valence-electron chi connectivity index (χ0n) is 26.0. The van der Waals surface area contributed by atoms with Gasteiger partial charge in [0.1, 0.15) is 0 Å². The summed E-state index contributed by atoms with van der Waals surface area (Å²) in [6.45, 7) is 2.16. The van der Waals surface area contributed by atoms with Gasteiger partial charge in [0, 0.05) is 16.7 Å². The molecule has 0 N–H and O–H groups in total. The molecule has 0 saturated heterocycles. The van der Waals surface area contributed by atoms with Crippen molar-refractivity contribution in [3.05, 3.63) is 175 Å². The van der Waals surface area contributed by atoms with Crippen molar-refractivity contribution in [1.29, 1.82) is 0 Å². The topological polar surface area (TPSA) is 38.7 Å². The van der Waals surface area contributed by atoms with Crippen LogP contribution in [0.3, 0.4) is 0 Å². The Balaban J connectivity index is 1.20. The van der Waals surface area contributed by atoms with Crippen LogP contribution in [-0.2, 0) is 0 Å². The van der Waals surface area contributed by atoms with Gasteiger partial charge in [-0.1, -0.05) is 170 Å². The Morgan fingerprint density at radius 2 is 0.617 bits per heavy atom. The normalized spacial score (nSPS) is 11.1. The molecule has 1 aromatic heterocycles. The van der Waals surface area contributed by atoms with Crippen LogP contribution in [0.5, 0.6) is 0 Å². The fourth-order valence-electron chi connectivity index (χ4n) is 6.15. The number of aryl methyl sites for hydroxylation is 1. The minimum atomic E-state index is 0.643. The Labute approximate surface area is 274 Å². The SMILES string of the molecule is Cc1ccc(-c2ccc(-c3nc(-c4ccc(-c5ccccc5)cc4)nc(-c4ccc(-c5ccccc5)cc4)n3)cc2)c2ccccc12. The summed E-state index contributed by atoms with van der Waals surface area (Å²) in [5.74, 6) is 1.93. The van der Waals surface area contributed by atoms with Crippen LogP contribution in [0.4, 0.5) is 0 Å². The van der Waals surface area contributed by atoms with Crippen molar-refractivity contribution in [3.63, 3.8) is 0 Å². The summed E-state index contributed by atoms with van der Waals surface area (Å²) in [7, 11) is 0. The number of benzene rings is 7. The number of fused-ring (bicyclic) bond motifs is 1. The Kier molecular flexibility index (Phi) is 7.41. The molecule has 1 heterocycles. The molecule has 7 aromatic carbocycles. The van der Waals surface area contributed by atoms with Gasteiger partial charge in [-0.15, -0.1) is 0 Å². The van der Waals surface area contributed by atoms with E-state index in [9.17, 15) is 0 Å². The highest BCUT2D eigenvalue weighted by Gasteiger charge is 2.14. The Morgan fingerprint density at radius 1 is 0.277 bits per heavy atom. The molecule has 0 aliphatic carbocycles. The Hall–Kier alpha value is -6.19. The van der Waals surface area contributed by atoms with E-state index in [0.717, 1.165) is 33.4 Å². The second kappa shape index (κ2) is 12.3. The van der Waals surface area contributed by atoms with Crippen molar-refractivity contribution in [1.82, 2.24) is 15.0 Å². The monoisotopic (exact) mass is 601 g/mol. The van der Waals surface area contributed by atoms with Crippen molar-refractivity contribution in [3.8, 4) is 67.5 Å². The fraction of sp³-hybridized carbons (Fsp3) is 0.0227. The van der Waals surface area contributed by atoms with E-state index in [4.69, 9.17) is 15.0 Å². The minimum absolute atomic E-state index is 0.643. The first-order valence-corrected chi connectivity index (χ1v) is 15.9. The van der Waals surface area contributed by atoms with Crippen molar-refractivity contribution in [2.24, 2.45) is 0 Å². The number of rotatable bonds is 6. The molecule has 3 heteroatoms. The number of hydrogen-bond donors (Lipinski definition) is 0. The molecule has 0 aliphatic heterocycles. The molecule has 0 fully saturated rings. The zero-order chi connectivity index (χ0) is 31.6. The van der Waals surface area contributed by atoms with Crippen LogP contribution in [0, 0.1) is 6.92 Å². The van der Waals surface area contributed by atoms with Gasteiger partial charge in [-0.05, 0) is 56.6 Å². The molecule has 0 bridgehead atoms. The van der Waals surface area contributed by atoms with Crippen LogP contribution in [0.15, 0.2) is 170 Å². The maximum absolute atomic E-state index is 5.01. The minimum Gasteiger partial charge on any atom is -0.208 e. The van der Waals surface area contributed by atoms with E-state index in [1.165, 1.54) is 33.0 Å². The number of aromatic nitrogens is 3. The van der Waals surface area contributed by atoms with Crippen LogP contribution >= 0.6 is 0 Å². The summed E-state index contributed by atoms with van der Waals surface area (Å²) in [6, 6.07) is 59.2. The molecular formula is C44H31N3. The molecule has 3 nitrogen and oxygen atoms in total. The lowest BCUT2D eigenvalue weighted by Gasteiger charge is -2.11. The lowest BCUT2D eigenvalue weighted by molar-refractivity contribution is 1.07. The van der Waals surface area contributed by atoms with Gasteiger partial charge < -0.3 is 0 Å². The van der Waals surface area contributed by atoms with E-state index in [-0.39, 0.29) is 0 Å². The summed E-state index contributed by atoms with van der Waals surface area (Å²) in [4.78, 5) is 15.0. The highest BCUT2D eigenvalue weighted by Crippen LogP contribution is 2.33. The third-order valence-electron chi connectivity index (χ3n) is 8.73. The molecule has 222 valence electrons. The van der Waals surface area contributed by atoms with Crippen LogP contribution in [0.25, 0.3) is 78.3 Å². The molecule has 8 aromatic rings. The average Bonchev–Trinajstić information content (AvgIpc) is 3.16. The van der Waals surface area contributed by atoms with Gasteiger partial charge in [-0.3, -0.25) is 0 Å². The molecule has 0 atom stereocenters. The van der Waals surface area contributed by atoms with Gasteiger partial charge in [-0.2, -0.15) is 0 Å². The second-order valence-electron chi connectivity index (χ2n) is 11.7. The Bertz CT molecular complexity index is 2210. The molecule has 0 spiro atoms. The van der Waals surface area contributed by atoms with Gasteiger partial charge in [0.15, 0.2) is 17.5 Å². The van der Waals surface area contributed by atoms with Gasteiger partial charge in [0.2, 0.25) is 0 Å². The smallest absolute Gasteiger partial charge is 0.164 e. The molecular weight excluding hydrogens is 571 g/mol. The second-order valence-corrected chi connectivity index (χ2v) is 11.7. The van der Waals surface area contributed by atoms with Crippen molar-refractivity contribution >= 4 is 10.8 Å². The largest absolute Gasteiger partial charge is 0.208 e. The summed E-state index contributed by atoms with van der Waals surface area (Å²) < 4.78 is 0. The van der Waals surface area contributed by atoms with E-state index < -0.39 is 0 Å².